The lowest BCUT2D eigenvalue weighted by Gasteiger charge is -2.31. The van der Waals surface area contributed by atoms with Crippen molar-refractivity contribution in [1.82, 2.24) is 9.21 Å². The van der Waals surface area contributed by atoms with E-state index in [0.717, 1.165) is 32.5 Å². The number of rotatable bonds is 7. The van der Waals surface area contributed by atoms with Gasteiger partial charge >= 0.3 is 0 Å². The zero-order valence-electron chi connectivity index (χ0n) is 18.9. The summed E-state index contributed by atoms with van der Waals surface area (Å²) in [5.74, 6) is 0.0846. The van der Waals surface area contributed by atoms with Gasteiger partial charge in [-0.3, -0.25) is 9.69 Å². The number of nitrogens with one attached hydrogen (secondary N) is 1. The highest BCUT2D eigenvalue weighted by molar-refractivity contribution is 7.89. The molecule has 0 saturated carbocycles. The molecule has 178 valence electrons. The Balaban J connectivity index is 1.39. The Kier molecular flexibility index (Phi) is 7.64. The summed E-state index contributed by atoms with van der Waals surface area (Å²) in [6.07, 6.45) is 1.54. The van der Waals surface area contributed by atoms with Crippen LogP contribution in [0.2, 0.25) is 0 Å². The zero-order chi connectivity index (χ0) is 23.3. The average molecular weight is 474 g/mol. The van der Waals surface area contributed by atoms with Crippen LogP contribution in [0.3, 0.4) is 0 Å². The minimum Gasteiger partial charge on any atom is -0.495 e. The molecule has 0 bridgehead atoms. The number of benzene rings is 2. The third-order valence-corrected chi connectivity index (χ3v) is 8.15. The number of carbonyl (C=O) groups is 1. The van der Waals surface area contributed by atoms with Crippen LogP contribution in [0.25, 0.3) is 0 Å². The highest BCUT2D eigenvalue weighted by Gasteiger charge is 2.30. The fourth-order valence-corrected chi connectivity index (χ4v) is 5.91. The monoisotopic (exact) mass is 473 g/mol. The maximum Gasteiger partial charge on any atom is 0.246 e. The third-order valence-electron chi connectivity index (χ3n) is 6.23. The highest BCUT2D eigenvalue weighted by Crippen LogP contribution is 2.31. The summed E-state index contributed by atoms with van der Waals surface area (Å²) in [5, 5.41) is 2.92. The molecule has 0 spiro atoms. The topological polar surface area (TPSA) is 88.2 Å². The first-order chi connectivity index (χ1) is 16.0. The number of anilines is 1. The van der Waals surface area contributed by atoms with Crippen LogP contribution in [0, 0.1) is 5.92 Å². The molecule has 4 rings (SSSR count). The van der Waals surface area contributed by atoms with Gasteiger partial charge in [0.1, 0.15) is 10.6 Å². The van der Waals surface area contributed by atoms with Crippen molar-refractivity contribution in [3.8, 4) is 5.75 Å². The molecular weight excluding hydrogens is 442 g/mol. The van der Waals surface area contributed by atoms with E-state index in [4.69, 9.17) is 9.47 Å². The Hall–Kier alpha value is -2.46. The molecule has 2 aliphatic rings. The molecule has 0 unspecified atom stereocenters. The van der Waals surface area contributed by atoms with E-state index in [2.05, 4.69) is 22.3 Å². The van der Waals surface area contributed by atoms with Crippen molar-refractivity contribution in [2.24, 2.45) is 5.92 Å². The van der Waals surface area contributed by atoms with Crippen LogP contribution in [-0.2, 0) is 26.1 Å². The molecule has 1 N–H and O–H groups in total. The lowest BCUT2D eigenvalue weighted by molar-refractivity contribution is -0.121. The van der Waals surface area contributed by atoms with Gasteiger partial charge in [-0.1, -0.05) is 30.3 Å². The Labute approximate surface area is 195 Å². The van der Waals surface area contributed by atoms with E-state index < -0.39 is 10.0 Å². The van der Waals surface area contributed by atoms with E-state index in [9.17, 15) is 13.2 Å². The van der Waals surface area contributed by atoms with Gasteiger partial charge in [0.05, 0.1) is 20.3 Å². The largest absolute Gasteiger partial charge is 0.495 e. The van der Waals surface area contributed by atoms with E-state index in [1.807, 2.05) is 18.2 Å². The van der Waals surface area contributed by atoms with Crippen LogP contribution in [0.5, 0.6) is 5.75 Å². The van der Waals surface area contributed by atoms with Gasteiger partial charge in [0.25, 0.3) is 0 Å². The van der Waals surface area contributed by atoms with Crippen molar-refractivity contribution >= 4 is 21.6 Å². The lowest BCUT2D eigenvalue weighted by atomic mass is 9.95. The number of likely N-dealkylation sites (tertiary alicyclic amines) is 1. The summed E-state index contributed by atoms with van der Waals surface area (Å²) in [7, 11) is -2.31. The molecule has 0 aromatic heterocycles. The molecule has 0 atom stereocenters. The number of amides is 1. The van der Waals surface area contributed by atoms with Crippen molar-refractivity contribution < 1.29 is 22.7 Å². The maximum absolute atomic E-state index is 13.2. The molecule has 0 radical (unpaired) electrons. The average Bonchev–Trinajstić information content (AvgIpc) is 2.85. The first kappa shape index (κ1) is 23.7. The molecule has 2 aromatic rings. The van der Waals surface area contributed by atoms with Gasteiger partial charge in [0.2, 0.25) is 15.9 Å². The summed E-state index contributed by atoms with van der Waals surface area (Å²) in [4.78, 5) is 15.3. The second kappa shape index (κ2) is 10.6. The fourth-order valence-electron chi connectivity index (χ4n) is 4.32. The van der Waals surface area contributed by atoms with Crippen LogP contribution >= 0.6 is 0 Å². The second-order valence-electron chi connectivity index (χ2n) is 8.41. The minimum atomic E-state index is -3.75. The zero-order valence-corrected chi connectivity index (χ0v) is 19.7. The molecule has 0 aliphatic carbocycles. The van der Waals surface area contributed by atoms with Crippen molar-refractivity contribution in [1.29, 1.82) is 0 Å². The molecule has 9 heteroatoms. The van der Waals surface area contributed by atoms with Crippen molar-refractivity contribution in [2.45, 2.75) is 24.3 Å². The molecule has 2 saturated heterocycles. The Bertz CT molecular complexity index is 1050. The number of morpholine rings is 1. The lowest BCUT2D eigenvalue weighted by Crippen LogP contribution is -2.40. The Morgan fingerprint density at radius 1 is 1.06 bits per heavy atom. The summed E-state index contributed by atoms with van der Waals surface area (Å²) in [6.45, 7) is 3.91. The van der Waals surface area contributed by atoms with Gasteiger partial charge in [-0.15, -0.1) is 0 Å². The number of carbonyl (C=O) groups excluding carboxylic acids is 1. The predicted octanol–water partition coefficient (Wildman–Crippen LogP) is 2.57. The second-order valence-corrected chi connectivity index (χ2v) is 10.3. The number of hydrogen-bond acceptors (Lipinski definition) is 6. The number of nitrogens with zero attached hydrogens (tertiary/aromatic N) is 2. The minimum absolute atomic E-state index is 0.0578. The number of piperidine rings is 1. The van der Waals surface area contributed by atoms with Crippen molar-refractivity contribution in [2.75, 3.05) is 51.8 Å². The van der Waals surface area contributed by atoms with Crippen molar-refractivity contribution in [3.05, 3.63) is 54.1 Å². The molecular formula is C24H31N3O5S. The summed E-state index contributed by atoms with van der Waals surface area (Å²) in [5.41, 5.74) is 1.73. The van der Waals surface area contributed by atoms with Gasteiger partial charge < -0.3 is 14.8 Å². The van der Waals surface area contributed by atoms with E-state index in [0.29, 0.717) is 32.0 Å². The number of sulfonamides is 1. The van der Waals surface area contributed by atoms with Crippen LogP contribution in [0.15, 0.2) is 53.4 Å². The van der Waals surface area contributed by atoms with Gasteiger partial charge in [0.15, 0.2) is 0 Å². The van der Waals surface area contributed by atoms with Gasteiger partial charge in [-0.2, -0.15) is 4.31 Å². The molecule has 2 heterocycles. The summed E-state index contributed by atoms with van der Waals surface area (Å²) in [6, 6.07) is 15.1. The summed E-state index contributed by atoms with van der Waals surface area (Å²) >= 11 is 0. The first-order valence-electron chi connectivity index (χ1n) is 11.3. The fraction of sp³-hybridized carbons (Fsp3) is 0.458. The molecule has 2 aliphatic heterocycles. The van der Waals surface area contributed by atoms with Crippen LogP contribution < -0.4 is 10.1 Å². The molecule has 33 heavy (non-hydrogen) atoms. The molecule has 1 amide bonds. The van der Waals surface area contributed by atoms with Crippen LogP contribution in [-0.4, -0.2) is 70.0 Å². The molecule has 2 fully saturated rings. The normalized spacial score (nSPS) is 18.7. The van der Waals surface area contributed by atoms with Gasteiger partial charge in [-0.05, 0) is 49.7 Å². The van der Waals surface area contributed by atoms with Crippen molar-refractivity contribution in [3.63, 3.8) is 0 Å². The first-order valence-corrected chi connectivity index (χ1v) is 12.7. The standard InChI is InChI=1S/C24H31N3O5S/c1-31-22-8-7-21(17-23(22)33(29,30)27-13-15-32-16-14-27)25-24(28)20-9-11-26(12-10-20)18-19-5-3-2-4-6-19/h2-8,17,20H,9-16,18H2,1H3,(H,25,28). The van der Waals surface area contributed by atoms with Crippen LogP contribution in [0.1, 0.15) is 18.4 Å². The van der Waals surface area contributed by atoms with E-state index in [-0.39, 0.29) is 22.5 Å². The van der Waals surface area contributed by atoms with Gasteiger partial charge in [-0.25, -0.2) is 8.42 Å². The van der Waals surface area contributed by atoms with Crippen LogP contribution in [0.4, 0.5) is 5.69 Å². The molecule has 8 nitrogen and oxygen atoms in total. The Morgan fingerprint density at radius 2 is 1.76 bits per heavy atom. The number of ether oxygens (including phenoxy) is 2. The van der Waals surface area contributed by atoms with E-state index in [1.165, 1.54) is 23.0 Å². The Morgan fingerprint density at radius 3 is 2.42 bits per heavy atom. The van der Waals surface area contributed by atoms with Gasteiger partial charge in [0, 0.05) is 31.2 Å². The molecule has 2 aromatic carbocycles. The highest BCUT2D eigenvalue weighted by atomic mass is 32.2. The smallest absolute Gasteiger partial charge is 0.246 e. The number of methoxy groups -OCH3 is 1. The SMILES string of the molecule is COc1ccc(NC(=O)C2CCN(Cc3ccccc3)CC2)cc1S(=O)(=O)N1CCOCC1. The van der Waals surface area contributed by atoms with E-state index in [1.54, 1.807) is 12.1 Å². The summed E-state index contributed by atoms with van der Waals surface area (Å²) < 4.78 is 38.3. The predicted molar refractivity (Wildman–Crippen MR) is 126 cm³/mol. The quantitative estimate of drug-likeness (QED) is 0.665. The maximum atomic E-state index is 13.2. The third kappa shape index (κ3) is 5.73. The van der Waals surface area contributed by atoms with E-state index >= 15 is 0 Å². The number of hydrogen-bond donors (Lipinski definition) is 1.